The number of carbonyl (C=O) groups is 1. The van der Waals surface area contributed by atoms with E-state index in [1.165, 1.54) is 11.1 Å². The highest BCUT2D eigenvalue weighted by molar-refractivity contribution is 7.92. The highest BCUT2D eigenvalue weighted by Crippen LogP contribution is 2.31. The van der Waals surface area contributed by atoms with Crippen LogP contribution in [0.5, 0.6) is 0 Å². The van der Waals surface area contributed by atoms with E-state index in [9.17, 15) is 13.2 Å². The molecule has 1 saturated heterocycles. The molecule has 5 aromatic rings. The Morgan fingerprint density at radius 3 is 2.13 bits per heavy atom. The predicted molar refractivity (Wildman–Crippen MR) is 181 cm³/mol. The van der Waals surface area contributed by atoms with Gasteiger partial charge in [-0.05, 0) is 70.5 Å². The van der Waals surface area contributed by atoms with Crippen LogP contribution in [-0.4, -0.2) is 30.4 Å². The fourth-order valence-corrected chi connectivity index (χ4v) is 7.09. The van der Waals surface area contributed by atoms with Crippen molar-refractivity contribution in [2.24, 2.45) is 0 Å². The van der Waals surface area contributed by atoms with Crippen LogP contribution in [0.3, 0.4) is 0 Å². The lowest BCUT2D eigenvalue weighted by molar-refractivity contribution is -0.117. The highest BCUT2D eigenvalue weighted by atomic mass is 35.5. The van der Waals surface area contributed by atoms with E-state index in [4.69, 9.17) is 28.2 Å². The third-order valence-electron chi connectivity index (χ3n) is 8.21. The molecule has 1 fully saturated rings. The van der Waals surface area contributed by atoms with Gasteiger partial charge < -0.3 is 4.57 Å². The number of carbonyl (C=O) groups excluding carboxylic acids is 1. The molecule has 4 aromatic carbocycles. The van der Waals surface area contributed by atoms with Crippen molar-refractivity contribution in [1.29, 1.82) is 0 Å². The summed E-state index contributed by atoms with van der Waals surface area (Å²) in [5.41, 5.74) is 7.68. The van der Waals surface area contributed by atoms with Crippen LogP contribution in [0.15, 0.2) is 97.2 Å². The molecule has 1 atom stereocenters. The summed E-state index contributed by atoms with van der Waals surface area (Å²) in [7, 11) is -3.87. The van der Waals surface area contributed by atoms with E-state index in [-0.39, 0.29) is 6.54 Å². The zero-order valence-electron chi connectivity index (χ0n) is 24.9. The third-order valence-corrected chi connectivity index (χ3v) is 10.2. The smallest absolute Gasteiger partial charge is 0.326 e. The fraction of sp³-hybridized carbons (Fsp3) is 0.200. The van der Waals surface area contributed by atoms with Crippen molar-refractivity contribution in [2.45, 2.75) is 39.2 Å². The van der Waals surface area contributed by atoms with Crippen molar-refractivity contribution in [2.75, 3.05) is 10.8 Å². The van der Waals surface area contributed by atoms with E-state index in [1.54, 1.807) is 24.3 Å². The first kappa shape index (κ1) is 30.9. The molecule has 7 nitrogen and oxygen atoms in total. The number of benzene rings is 4. The molecule has 10 heteroatoms. The Morgan fingerprint density at radius 2 is 1.53 bits per heavy atom. The van der Waals surface area contributed by atoms with E-state index in [1.807, 2.05) is 29.1 Å². The topological polar surface area (TPSA) is 84.3 Å². The molecule has 1 aromatic heterocycles. The first-order valence-corrected chi connectivity index (χ1v) is 16.9. The van der Waals surface area contributed by atoms with Gasteiger partial charge >= 0.3 is 10.2 Å². The minimum absolute atomic E-state index is 0.235. The molecule has 1 amide bonds. The second-order valence-electron chi connectivity index (χ2n) is 11.3. The largest absolute Gasteiger partial charge is 0.330 e. The number of nitrogens with one attached hydrogen (secondary N) is 1. The van der Waals surface area contributed by atoms with Gasteiger partial charge in [-0.25, -0.2) is 14.0 Å². The molecule has 0 spiro atoms. The van der Waals surface area contributed by atoms with Crippen LogP contribution in [0.2, 0.25) is 10.0 Å². The molecule has 0 aliphatic carbocycles. The Hall–Kier alpha value is -4.11. The Bertz CT molecular complexity index is 1960. The van der Waals surface area contributed by atoms with Crippen molar-refractivity contribution in [1.82, 2.24) is 14.3 Å². The van der Waals surface area contributed by atoms with Gasteiger partial charge in [0.1, 0.15) is 12.4 Å². The number of aromatic nitrogens is 2. The highest BCUT2D eigenvalue weighted by Gasteiger charge is 2.33. The predicted octanol–water partition coefficient (Wildman–Crippen LogP) is 7.86. The second-order valence-corrected chi connectivity index (χ2v) is 13.7. The summed E-state index contributed by atoms with van der Waals surface area (Å²) in [5.74, 6) is 0.839. The molecule has 45 heavy (non-hydrogen) atoms. The van der Waals surface area contributed by atoms with E-state index >= 15 is 0 Å². The Kier molecular flexibility index (Phi) is 8.73. The first-order chi connectivity index (χ1) is 21.6. The van der Waals surface area contributed by atoms with Gasteiger partial charge in [0.25, 0.3) is 5.91 Å². The van der Waals surface area contributed by atoms with E-state index in [0.717, 1.165) is 44.5 Å². The van der Waals surface area contributed by atoms with E-state index < -0.39 is 16.1 Å². The monoisotopic (exact) mass is 658 g/mol. The number of imidazole rings is 1. The van der Waals surface area contributed by atoms with Crippen LogP contribution in [-0.2, 0) is 28.0 Å². The minimum Gasteiger partial charge on any atom is -0.330 e. The van der Waals surface area contributed by atoms with Gasteiger partial charge in [0.2, 0.25) is 0 Å². The molecular formula is C35H32Cl2N4O3S. The molecule has 2 heterocycles. The van der Waals surface area contributed by atoms with Crippen molar-refractivity contribution in [3.8, 4) is 22.4 Å². The second kappa shape index (κ2) is 12.7. The summed E-state index contributed by atoms with van der Waals surface area (Å²) in [4.78, 5) is 16.7. The number of rotatable bonds is 9. The maximum atomic E-state index is 12.3. The van der Waals surface area contributed by atoms with Crippen molar-refractivity contribution in [3.63, 3.8) is 0 Å². The third kappa shape index (κ3) is 6.78. The average molecular weight is 660 g/mol. The van der Waals surface area contributed by atoms with Crippen molar-refractivity contribution in [3.05, 3.63) is 130 Å². The molecule has 1 unspecified atom stereocenters. The van der Waals surface area contributed by atoms with Gasteiger partial charge in [-0.1, -0.05) is 97.7 Å². The van der Waals surface area contributed by atoms with Crippen LogP contribution in [0.25, 0.3) is 22.4 Å². The zero-order chi connectivity index (χ0) is 31.7. The average Bonchev–Trinajstić information content (AvgIpc) is 3.54. The van der Waals surface area contributed by atoms with Gasteiger partial charge in [0.15, 0.2) is 0 Å². The fourth-order valence-electron chi connectivity index (χ4n) is 5.44. The lowest BCUT2D eigenvalue weighted by Crippen LogP contribution is -2.29. The number of nitrogens with zero attached hydrogens (tertiary/aromatic N) is 3. The van der Waals surface area contributed by atoms with Crippen molar-refractivity contribution < 1.29 is 13.2 Å². The molecule has 0 bridgehead atoms. The normalized spacial score (nSPS) is 14.8. The Balaban J connectivity index is 1.27. The van der Waals surface area contributed by atoms with Crippen molar-refractivity contribution >= 4 is 45.0 Å². The van der Waals surface area contributed by atoms with Crippen LogP contribution in [0.4, 0.5) is 5.69 Å². The van der Waals surface area contributed by atoms with Gasteiger partial charge in [0, 0.05) is 29.7 Å². The first-order valence-electron chi connectivity index (χ1n) is 14.7. The molecule has 0 radical (unpaired) electrons. The summed E-state index contributed by atoms with van der Waals surface area (Å²) in [6, 6.07) is 29.8. The Morgan fingerprint density at radius 1 is 0.889 bits per heavy atom. The van der Waals surface area contributed by atoms with Gasteiger partial charge in [-0.3, -0.25) is 4.79 Å². The maximum Gasteiger partial charge on any atom is 0.326 e. The molecule has 1 aliphatic rings. The van der Waals surface area contributed by atoms with Gasteiger partial charge in [0.05, 0.1) is 16.4 Å². The summed E-state index contributed by atoms with van der Waals surface area (Å²) >= 11 is 12.7. The Labute approximate surface area is 273 Å². The van der Waals surface area contributed by atoms with Crippen LogP contribution in [0.1, 0.15) is 48.7 Å². The molecular weight excluding hydrogens is 627 g/mol. The lowest BCUT2D eigenvalue weighted by atomic mass is 9.95. The number of anilines is 1. The van der Waals surface area contributed by atoms with Gasteiger partial charge in [-0.2, -0.15) is 8.42 Å². The number of hydrogen-bond donors (Lipinski definition) is 1. The molecule has 0 saturated carbocycles. The van der Waals surface area contributed by atoms with Crippen LogP contribution in [0, 0.1) is 0 Å². The zero-order valence-corrected chi connectivity index (χ0v) is 27.2. The minimum atomic E-state index is -3.87. The summed E-state index contributed by atoms with van der Waals surface area (Å²) < 4.78 is 29.7. The van der Waals surface area contributed by atoms with Crippen LogP contribution >= 0.6 is 23.2 Å². The maximum absolute atomic E-state index is 12.3. The molecule has 1 aliphatic heterocycles. The quantitative estimate of drug-likeness (QED) is 0.175. The molecule has 6 rings (SSSR count). The summed E-state index contributed by atoms with van der Waals surface area (Å²) in [5, 5.41) is 1.07. The number of amides is 1. The number of hydrogen-bond acceptors (Lipinski definition) is 4. The molecule has 230 valence electrons. The standard InChI is InChI=1S/C35H32Cl2N4O3S/c1-3-23(2)26-10-12-28(13-11-26)27-8-4-24(5-9-27)18-34-38-33(31-17-14-29(36)19-32(31)37)21-40(34)20-25-6-15-30(16-7-25)41-22-35(42)39-45(41,43)44/h4-17,19,21,23H,3,18,20,22H2,1-2H3,(H,39,42). The van der Waals surface area contributed by atoms with Gasteiger partial charge in [-0.15, -0.1) is 0 Å². The van der Waals surface area contributed by atoms with Crippen LogP contribution < -0.4 is 9.03 Å². The number of halogens is 2. The summed E-state index contributed by atoms with van der Waals surface area (Å²) in [6.45, 7) is 4.72. The molecule has 1 N–H and O–H groups in total. The lowest BCUT2D eigenvalue weighted by Gasteiger charge is -2.15. The van der Waals surface area contributed by atoms with E-state index in [0.29, 0.717) is 34.6 Å². The van der Waals surface area contributed by atoms with E-state index in [2.05, 4.69) is 66.9 Å². The summed E-state index contributed by atoms with van der Waals surface area (Å²) in [6.07, 6.45) is 3.68. The SMILES string of the molecule is CCC(C)c1ccc(-c2ccc(Cc3nc(-c4ccc(Cl)cc4Cl)cn3Cc3ccc(N4CC(=O)NS4(=O)=O)cc3)cc2)cc1.